The van der Waals surface area contributed by atoms with Crippen LogP contribution >= 0.6 is 23.2 Å². The Bertz CT molecular complexity index is 826. The number of benzene rings is 2. The third kappa shape index (κ3) is 4.95. The molecule has 0 aromatic heterocycles. The molecule has 27 heavy (non-hydrogen) atoms. The Morgan fingerprint density at radius 2 is 1.89 bits per heavy atom. The van der Waals surface area contributed by atoms with E-state index >= 15 is 0 Å². The van der Waals surface area contributed by atoms with Gasteiger partial charge < -0.3 is 10.2 Å². The Hall–Kier alpha value is -1.75. The van der Waals surface area contributed by atoms with Crippen LogP contribution in [0.4, 0.5) is 0 Å². The molecule has 0 amide bonds. The number of para-hydroxylation sites is 1. The van der Waals surface area contributed by atoms with Crippen LogP contribution in [0.3, 0.4) is 0 Å². The van der Waals surface area contributed by atoms with Crippen molar-refractivity contribution < 1.29 is 10.2 Å². The van der Waals surface area contributed by atoms with Crippen molar-refractivity contribution >= 4 is 29.4 Å². The van der Waals surface area contributed by atoms with Crippen LogP contribution in [0.1, 0.15) is 36.8 Å². The van der Waals surface area contributed by atoms with Crippen LogP contribution in [-0.2, 0) is 6.54 Å². The standard InChI is InChI=1S/C21H24Cl2N2O2/c1-25(13-15-10-16(22)11-17(23)21(15)27)19-8-4-3-7-18(19)24-12-14-6-2-5-9-20(14)26/h2,5-6,9-12,18-19,26-27H,3-4,7-8,13H2,1H3. The first-order valence-electron chi connectivity index (χ1n) is 9.14. The first kappa shape index (κ1) is 20.0. The first-order chi connectivity index (χ1) is 13.0. The van der Waals surface area contributed by atoms with E-state index in [0.29, 0.717) is 17.1 Å². The van der Waals surface area contributed by atoms with Crippen LogP contribution in [0.15, 0.2) is 41.4 Å². The zero-order valence-corrected chi connectivity index (χ0v) is 16.8. The van der Waals surface area contributed by atoms with Crippen molar-refractivity contribution in [1.29, 1.82) is 0 Å². The van der Waals surface area contributed by atoms with E-state index in [0.717, 1.165) is 31.2 Å². The fourth-order valence-corrected chi connectivity index (χ4v) is 4.21. The third-order valence-electron chi connectivity index (χ3n) is 5.13. The SMILES string of the molecule is CN(Cc1cc(Cl)cc(Cl)c1O)C1CCCCC1N=Cc1ccccc1O. The highest BCUT2D eigenvalue weighted by Crippen LogP contribution is 2.33. The topological polar surface area (TPSA) is 56.1 Å². The van der Waals surface area contributed by atoms with E-state index in [1.807, 2.05) is 19.2 Å². The molecular formula is C21H24Cl2N2O2. The Labute approximate surface area is 170 Å². The summed E-state index contributed by atoms with van der Waals surface area (Å²) < 4.78 is 0. The molecule has 0 spiro atoms. The van der Waals surface area contributed by atoms with Gasteiger partial charge in [-0.3, -0.25) is 9.89 Å². The summed E-state index contributed by atoms with van der Waals surface area (Å²) in [6.07, 6.45) is 6.09. The molecule has 1 aliphatic rings. The molecule has 4 nitrogen and oxygen atoms in total. The van der Waals surface area contributed by atoms with Crippen LogP contribution in [0.5, 0.6) is 11.5 Å². The van der Waals surface area contributed by atoms with Gasteiger partial charge in [0.15, 0.2) is 0 Å². The number of halogens is 2. The summed E-state index contributed by atoms with van der Waals surface area (Å²) in [5.74, 6) is 0.318. The molecule has 6 heteroatoms. The minimum absolute atomic E-state index is 0.0815. The normalized spacial score (nSPS) is 20.4. The smallest absolute Gasteiger partial charge is 0.138 e. The molecule has 144 valence electrons. The summed E-state index contributed by atoms with van der Waals surface area (Å²) in [5.41, 5.74) is 1.44. The number of nitrogens with zero attached hydrogens (tertiary/aromatic N) is 2. The van der Waals surface area contributed by atoms with Gasteiger partial charge in [-0.15, -0.1) is 0 Å². The molecule has 2 aromatic rings. The molecule has 0 saturated heterocycles. The second-order valence-electron chi connectivity index (χ2n) is 7.07. The van der Waals surface area contributed by atoms with Crippen molar-refractivity contribution in [2.45, 2.75) is 44.3 Å². The number of rotatable bonds is 5. The van der Waals surface area contributed by atoms with Crippen LogP contribution in [-0.4, -0.2) is 40.5 Å². The van der Waals surface area contributed by atoms with Gasteiger partial charge in [0.1, 0.15) is 11.5 Å². The molecule has 2 N–H and O–H groups in total. The molecular weight excluding hydrogens is 383 g/mol. The number of likely N-dealkylation sites (N-methyl/N-ethyl adjacent to an activating group) is 1. The summed E-state index contributed by atoms with van der Waals surface area (Å²) in [5, 5.41) is 21.0. The van der Waals surface area contributed by atoms with Crippen LogP contribution in [0.25, 0.3) is 0 Å². The van der Waals surface area contributed by atoms with Gasteiger partial charge in [0.05, 0.1) is 11.1 Å². The predicted molar refractivity (Wildman–Crippen MR) is 111 cm³/mol. The monoisotopic (exact) mass is 406 g/mol. The van der Waals surface area contributed by atoms with Gasteiger partial charge in [0, 0.05) is 35.0 Å². The van der Waals surface area contributed by atoms with E-state index in [-0.39, 0.29) is 28.6 Å². The lowest BCUT2D eigenvalue weighted by Crippen LogP contribution is -2.42. The maximum Gasteiger partial charge on any atom is 0.138 e. The van der Waals surface area contributed by atoms with Gasteiger partial charge in [0.25, 0.3) is 0 Å². The average molecular weight is 407 g/mol. The van der Waals surface area contributed by atoms with Gasteiger partial charge >= 0.3 is 0 Å². The lowest BCUT2D eigenvalue weighted by Gasteiger charge is -2.36. The minimum atomic E-state index is 0.0815. The highest BCUT2D eigenvalue weighted by Gasteiger charge is 2.28. The second-order valence-corrected chi connectivity index (χ2v) is 7.91. The van der Waals surface area contributed by atoms with E-state index in [1.54, 1.807) is 30.5 Å². The van der Waals surface area contributed by atoms with E-state index in [9.17, 15) is 10.2 Å². The quantitative estimate of drug-likeness (QED) is 0.665. The van der Waals surface area contributed by atoms with Gasteiger partial charge in [0.2, 0.25) is 0 Å². The first-order valence-corrected chi connectivity index (χ1v) is 9.89. The van der Waals surface area contributed by atoms with E-state index in [1.165, 1.54) is 0 Å². The summed E-state index contributed by atoms with van der Waals surface area (Å²) >= 11 is 12.1. The second kappa shape index (κ2) is 8.96. The largest absolute Gasteiger partial charge is 0.507 e. The van der Waals surface area contributed by atoms with Gasteiger partial charge in [-0.2, -0.15) is 0 Å². The van der Waals surface area contributed by atoms with Crippen LogP contribution in [0, 0.1) is 0 Å². The van der Waals surface area contributed by atoms with Crippen LogP contribution in [0.2, 0.25) is 10.0 Å². The maximum atomic E-state index is 10.2. The molecule has 1 saturated carbocycles. The van der Waals surface area contributed by atoms with Gasteiger partial charge in [-0.1, -0.05) is 48.2 Å². The lowest BCUT2D eigenvalue weighted by molar-refractivity contribution is 0.162. The lowest BCUT2D eigenvalue weighted by atomic mass is 9.89. The highest BCUT2D eigenvalue weighted by molar-refractivity contribution is 6.35. The van der Waals surface area contributed by atoms with Gasteiger partial charge in [-0.25, -0.2) is 0 Å². The Kier molecular flexibility index (Phi) is 6.64. The third-order valence-corrected chi connectivity index (χ3v) is 5.64. The number of phenols is 2. The molecule has 0 radical (unpaired) electrons. The van der Waals surface area contributed by atoms with Crippen molar-refractivity contribution in [3.05, 3.63) is 57.6 Å². The number of hydrogen-bond donors (Lipinski definition) is 2. The van der Waals surface area contributed by atoms with Crippen LogP contribution < -0.4 is 0 Å². The van der Waals surface area contributed by atoms with E-state index in [2.05, 4.69) is 4.90 Å². The molecule has 0 bridgehead atoms. The maximum absolute atomic E-state index is 10.2. The molecule has 2 aromatic carbocycles. The van der Waals surface area contributed by atoms with Crippen molar-refractivity contribution in [3.63, 3.8) is 0 Å². The van der Waals surface area contributed by atoms with E-state index < -0.39 is 0 Å². The van der Waals surface area contributed by atoms with Crippen molar-refractivity contribution in [3.8, 4) is 11.5 Å². The zero-order valence-electron chi connectivity index (χ0n) is 15.3. The molecule has 3 rings (SSSR count). The molecule has 2 unspecified atom stereocenters. The fraction of sp³-hybridized carbons (Fsp3) is 0.381. The predicted octanol–water partition coefficient (Wildman–Crippen LogP) is 5.27. The molecule has 1 aliphatic carbocycles. The molecule has 0 heterocycles. The number of hydrogen-bond acceptors (Lipinski definition) is 4. The Balaban J connectivity index is 1.76. The average Bonchev–Trinajstić information content (AvgIpc) is 2.65. The fourth-order valence-electron chi connectivity index (χ4n) is 3.68. The summed E-state index contributed by atoms with van der Waals surface area (Å²) in [6.45, 7) is 0.541. The van der Waals surface area contributed by atoms with Gasteiger partial charge in [-0.05, 0) is 44.2 Å². The molecule has 0 aliphatic heterocycles. The van der Waals surface area contributed by atoms with Crippen molar-refractivity contribution in [2.75, 3.05) is 7.05 Å². The number of aromatic hydroxyl groups is 2. The Morgan fingerprint density at radius 3 is 2.67 bits per heavy atom. The van der Waals surface area contributed by atoms with E-state index in [4.69, 9.17) is 28.2 Å². The number of phenolic OH excluding ortho intramolecular Hbond substituents is 2. The molecule has 1 fully saturated rings. The summed E-state index contributed by atoms with van der Waals surface area (Å²) in [6, 6.07) is 10.9. The minimum Gasteiger partial charge on any atom is -0.507 e. The number of aliphatic imine (C=N–C) groups is 1. The zero-order chi connectivity index (χ0) is 19.4. The highest BCUT2D eigenvalue weighted by atomic mass is 35.5. The van der Waals surface area contributed by atoms with Crippen molar-refractivity contribution in [1.82, 2.24) is 4.90 Å². The summed E-state index contributed by atoms with van der Waals surface area (Å²) in [7, 11) is 2.03. The molecule has 2 atom stereocenters. The van der Waals surface area contributed by atoms with Crippen molar-refractivity contribution in [2.24, 2.45) is 4.99 Å². The Morgan fingerprint density at radius 1 is 1.15 bits per heavy atom. The summed E-state index contributed by atoms with van der Waals surface area (Å²) in [4.78, 5) is 6.98.